The maximum Gasteiger partial charge on any atom is 0.255 e. The number of aromatic nitrogens is 1. The number of aryl methyl sites for hydroxylation is 2. The lowest BCUT2D eigenvalue weighted by Crippen LogP contribution is -2.42. The highest BCUT2D eigenvalue weighted by Crippen LogP contribution is 2.20. The molecule has 1 amide bonds. The summed E-state index contributed by atoms with van der Waals surface area (Å²) in [4.78, 5) is 19.0. The van der Waals surface area contributed by atoms with E-state index in [1.807, 2.05) is 30.9 Å². The molecule has 0 radical (unpaired) electrons. The van der Waals surface area contributed by atoms with Crippen LogP contribution >= 0.6 is 0 Å². The first-order chi connectivity index (χ1) is 11.6. The lowest BCUT2D eigenvalue weighted by molar-refractivity contribution is -0.0733. The monoisotopic (exact) mass is 332 g/mol. The Kier molecular flexibility index (Phi) is 5.85. The van der Waals surface area contributed by atoms with Gasteiger partial charge in [0, 0.05) is 25.4 Å². The van der Waals surface area contributed by atoms with Crippen LogP contribution in [0.5, 0.6) is 0 Å². The number of pyridine rings is 1. The second-order valence-corrected chi connectivity index (χ2v) is 6.90. The van der Waals surface area contributed by atoms with E-state index >= 15 is 0 Å². The lowest BCUT2D eigenvalue weighted by Gasteiger charge is -2.33. The molecule has 5 nitrogen and oxygen atoms in total. The van der Waals surface area contributed by atoms with Crippen LogP contribution in [0.4, 0.5) is 0 Å². The van der Waals surface area contributed by atoms with Crippen molar-refractivity contribution in [3.05, 3.63) is 29.1 Å². The van der Waals surface area contributed by atoms with E-state index in [9.17, 15) is 4.79 Å². The van der Waals surface area contributed by atoms with E-state index in [1.165, 1.54) is 12.8 Å². The summed E-state index contributed by atoms with van der Waals surface area (Å²) in [7, 11) is 0. The Bertz CT molecular complexity index is 562. The zero-order valence-corrected chi connectivity index (χ0v) is 14.8. The summed E-state index contributed by atoms with van der Waals surface area (Å²) in [5.74, 6) is 0.0917. The largest absolute Gasteiger partial charge is 0.376 e. The Morgan fingerprint density at radius 3 is 2.71 bits per heavy atom. The van der Waals surface area contributed by atoms with Gasteiger partial charge < -0.3 is 14.4 Å². The Morgan fingerprint density at radius 2 is 2.04 bits per heavy atom. The van der Waals surface area contributed by atoms with E-state index in [-0.39, 0.29) is 18.1 Å². The number of carbonyl (C=O) groups is 1. The molecular formula is C19H28N2O3. The molecule has 1 aromatic rings. The average Bonchev–Trinajstić information content (AvgIpc) is 2.61. The predicted molar refractivity (Wildman–Crippen MR) is 92.2 cm³/mol. The van der Waals surface area contributed by atoms with E-state index in [0.29, 0.717) is 6.61 Å². The van der Waals surface area contributed by atoms with Crippen molar-refractivity contribution in [3.8, 4) is 0 Å². The number of carbonyl (C=O) groups excluding carboxylic acids is 1. The van der Waals surface area contributed by atoms with Crippen molar-refractivity contribution >= 4 is 5.91 Å². The minimum Gasteiger partial charge on any atom is -0.376 e. The molecule has 132 valence electrons. The van der Waals surface area contributed by atoms with Gasteiger partial charge in [-0.1, -0.05) is 0 Å². The average molecular weight is 332 g/mol. The standard InChI is InChI=1S/C19H28N2O3/c1-14-6-7-18(15(2)20-14)19(22)21-10-8-16(9-11-21)24-13-17-5-3-4-12-23-17/h6-7,16-17H,3-5,8-13H2,1-2H3. The van der Waals surface area contributed by atoms with Gasteiger partial charge in [0.15, 0.2) is 0 Å². The Morgan fingerprint density at radius 1 is 1.25 bits per heavy atom. The van der Waals surface area contributed by atoms with Crippen molar-refractivity contribution in [2.75, 3.05) is 26.3 Å². The summed E-state index contributed by atoms with van der Waals surface area (Å²) in [5.41, 5.74) is 2.48. The predicted octanol–water partition coefficient (Wildman–Crippen LogP) is 2.89. The molecule has 3 rings (SSSR count). The second-order valence-electron chi connectivity index (χ2n) is 6.90. The first-order valence-electron chi connectivity index (χ1n) is 9.10. The maximum absolute atomic E-state index is 12.7. The fourth-order valence-corrected chi connectivity index (χ4v) is 3.49. The van der Waals surface area contributed by atoms with Gasteiger partial charge in [-0.2, -0.15) is 0 Å². The molecule has 2 saturated heterocycles. The normalized spacial score (nSPS) is 22.6. The summed E-state index contributed by atoms with van der Waals surface area (Å²) in [6.45, 7) is 6.91. The number of piperidine rings is 1. The zero-order chi connectivity index (χ0) is 16.9. The van der Waals surface area contributed by atoms with Gasteiger partial charge in [0.2, 0.25) is 0 Å². The third-order valence-electron chi connectivity index (χ3n) is 4.98. The fourth-order valence-electron chi connectivity index (χ4n) is 3.49. The van der Waals surface area contributed by atoms with Gasteiger partial charge in [0.05, 0.1) is 30.1 Å². The van der Waals surface area contributed by atoms with Crippen LogP contribution in [-0.4, -0.2) is 54.3 Å². The number of hydrogen-bond acceptors (Lipinski definition) is 4. The van der Waals surface area contributed by atoms with Gasteiger partial charge >= 0.3 is 0 Å². The molecule has 0 aliphatic carbocycles. The van der Waals surface area contributed by atoms with E-state index in [1.54, 1.807) is 0 Å². The van der Waals surface area contributed by atoms with Crippen LogP contribution in [-0.2, 0) is 9.47 Å². The molecule has 0 aromatic carbocycles. The van der Waals surface area contributed by atoms with Crippen LogP contribution in [0.2, 0.25) is 0 Å². The highest BCUT2D eigenvalue weighted by molar-refractivity contribution is 5.95. The Hall–Kier alpha value is -1.46. The number of ether oxygens (including phenoxy) is 2. The topological polar surface area (TPSA) is 51.7 Å². The number of hydrogen-bond donors (Lipinski definition) is 0. The molecule has 2 aliphatic rings. The Labute approximate surface area is 144 Å². The molecule has 1 atom stereocenters. The van der Waals surface area contributed by atoms with Crippen LogP contribution in [0.25, 0.3) is 0 Å². The van der Waals surface area contributed by atoms with Crippen LogP contribution in [0, 0.1) is 13.8 Å². The van der Waals surface area contributed by atoms with Crippen molar-refractivity contribution in [2.45, 2.75) is 58.2 Å². The summed E-state index contributed by atoms with van der Waals surface area (Å²) in [5, 5.41) is 0. The number of likely N-dealkylation sites (tertiary alicyclic amines) is 1. The van der Waals surface area contributed by atoms with Crippen LogP contribution in [0.15, 0.2) is 12.1 Å². The van der Waals surface area contributed by atoms with Gasteiger partial charge in [-0.15, -0.1) is 0 Å². The quantitative estimate of drug-likeness (QED) is 0.851. The van der Waals surface area contributed by atoms with E-state index < -0.39 is 0 Å². The van der Waals surface area contributed by atoms with E-state index in [0.717, 1.165) is 55.9 Å². The number of nitrogens with zero attached hydrogens (tertiary/aromatic N) is 2. The number of rotatable bonds is 4. The van der Waals surface area contributed by atoms with Gasteiger partial charge in [0.25, 0.3) is 5.91 Å². The van der Waals surface area contributed by atoms with Gasteiger partial charge in [-0.3, -0.25) is 9.78 Å². The van der Waals surface area contributed by atoms with Gasteiger partial charge in [-0.05, 0) is 58.1 Å². The van der Waals surface area contributed by atoms with Crippen LogP contribution in [0.3, 0.4) is 0 Å². The van der Waals surface area contributed by atoms with Crippen LogP contribution in [0.1, 0.15) is 53.8 Å². The molecule has 0 spiro atoms. The molecule has 2 aliphatic heterocycles. The first-order valence-corrected chi connectivity index (χ1v) is 9.10. The third kappa shape index (κ3) is 4.33. The molecule has 1 unspecified atom stereocenters. The second kappa shape index (κ2) is 8.08. The zero-order valence-electron chi connectivity index (χ0n) is 14.8. The number of amides is 1. The molecule has 24 heavy (non-hydrogen) atoms. The van der Waals surface area contributed by atoms with Gasteiger partial charge in [0.1, 0.15) is 0 Å². The minimum absolute atomic E-state index is 0.0917. The highest BCUT2D eigenvalue weighted by atomic mass is 16.5. The van der Waals surface area contributed by atoms with Crippen molar-refractivity contribution in [2.24, 2.45) is 0 Å². The molecule has 0 N–H and O–H groups in total. The maximum atomic E-state index is 12.7. The highest BCUT2D eigenvalue weighted by Gasteiger charge is 2.26. The summed E-state index contributed by atoms with van der Waals surface area (Å²) in [6.07, 6.45) is 5.83. The smallest absolute Gasteiger partial charge is 0.255 e. The molecule has 3 heterocycles. The molecule has 5 heteroatoms. The first kappa shape index (κ1) is 17.4. The molecular weight excluding hydrogens is 304 g/mol. The molecule has 0 saturated carbocycles. The fraction of sp³-hybridized carbons (Fsp3) is 0.684. The lowest BCUT2D eigenvalue weighted by atomic mass is 10.1. The Balaban J connectivity index is 1.46. The molecule has 0 bridgehead atoms. The summed E-state index contributed by atoms with van der Waals surface area (Å²) < 4.78 is 11.7. The minimum atomic E-state index is 0.0917. The summed E-state index contributed by atoms with van der Waals surface area (Å²) >= 11 is 0. The molecule has 1 aromatic heterocycles. The van der Waals surface area contributed by atoms with Crippen molar-refractivity contribution < 1.29 is 14.3 Å². The van der Waals surface area contributed by atoms with E-state index in [2.05, 4.69) is 4.98 Å². The van der Waals surface area contributed by atoms with Crippen molar-refractivity contribution in [3.63, 3.8) is 0 Å². The van der Waals surface area contributed by atoms with Crippen molar-refractivity contribution in [1.82, 2.24) is 9.88 Å². The van der Waals surface area contributed by atoms with E-state index in [4.69, 9.17) is 9.47 Å². The molecule has 2 fully saturated rings. The third-order valence-corrected chi connectivity index (χ3v) is 4.98. The summed E-state index contributed by atoms with van der Waals surface area (Å²) in [6, 6.07) is 3.79. The van der Waals surface area contributed by atoms with Crippen molar-refractivity contribution in [1.29, 1.82) is 0 Å². The SMILES string of the molecule is Cc1ccc(C(=O)N2CCC(OCC3CCCCO3)CC2)c(C)n1. The van der Waals surface area contributed by atoms with Gasteiger partial charge in [-0.25, -0.2) is 0 Å². The van der Waals surface area contributed by atoms with Crippen LogP contribution < -0.4 is 0 Å².